The zero-order chi connectivity index (χ0) is 19.6. The van der Waals surface area contributed by atoms with Gasteiger partial charge in [0, 0.05) is 52.1 Å². The van der Waals surface area contributed by atoms with Gasteiger partial charge in [-0.3, -0.25) is 4.79 Å². The molecule has 0 aromatic heterocycles. The van der Waals surface area contributed by atoms with E-state index in [9.17, 15) is 14.9 Å². The van der Waals surface area contributed by atoms with Crippen LogP contribution in [-0.2, 0) is 14.3 Å². The fourth-order valence-corrected chi connectivity index (χ4v) is 2.30. The second-order valence-electron chi connectivity index (χ2n) is 6.96. The SMILES string of the molecule is CCOCCCNC(=O)/C(C#N)=C\N1CCN(C(=O)OC(C)(C)C)CC1. The first-order chi connectivity index (χ1) is 12.3. The molecule has 0 radical (unpaired) electrons. The van der Waals surface area contributed by atoms with E-state index in [1.54, 1.807) is 11.1 Å². The van der Waals surface area contributed by atoms with Crippen LogP contribution >= 0.6 is 0 Å². The van der Waals surface area contributed by atoms with Gasteiger partial charge >= 0.3 is 6.09 Å². The minimum Gasteiger partial charge on any atom is -0.444 e. The lowest BCUT2D eigenvalue weighted by molar-refractivity contribution is -0.117. The summed E-state index contributed by atoms with van der Waals surface area (Å²) in [6.45, 7) is 11.1. The van der Waals surface area contributed by atoms with Gasteiger partial charge in [0.1, 0.15) is 17.2 Å². The van der Waals surface area contributed by atoms with Crippen LogP contribution in [0.3, 0.4) is 0 Å². The van der Waals surface area contributed by atoms with Crippen molar-refractivity contribution in [1.82, 2.24) is 15.1 Å². The first-order valence-electron chi connectivity index (χ1n) is 8.96. The number of nitrogens with zero attached hydrogens (tertiary/aromatic N) is 3. The third kappa shape index (κ3) is 8.21. The Morgan fingerprint density at radius 3 is 2.42 bits per heavy atom. The number of nitrogens with one attached hydrogen (secondary N) is 1. The summed E-state index contributed by atoms with van der Waals surface area (Å²) in [6, 6.07) is 1.94. The predicted molar refractivity (Wildman–Crippen MR) is 97.2 cm³/mol. The summed E-state index contributed by atoms with van der Waals surface area (Å²) < 4.78 is 10.6. The fourth-order valence-electron chi connectivity index (χ4n) is 2.30. The van der Waals surface area contributed by atoms with Crippen LogP contribution < -0.4 is 5.32 Å². The standard InChI is InChI=1S/C18H30N4O4/c1-5-25-12-6-7-20-16(23)15(13-19)14-21-8-10-22(11-9-21)17(24)26-18(2,3)4/h14H,5-12H2,1-4H3,(H,20,23)/b15-14-. The largest absolute Gasteiger partial charge is 0.444 e. The normalized spacial score (nSPS) is 15.4. The number of rotatable bonds is 7. The van der Waals surface area contributed by atoms with E-state index in [0.717, 1.165) is 0 Å². The average Bonchev–Trinajstić information content (AvgIpc) is 2.58. The summed E-state index contributed by atoms with van der Waals surface area (Å²) in [5.74, 6) is -0.390. The van der Waals surface area contributed by atoms with Crippen molar-refractivity contribution in [2.45, 2.75) is 39.7 Å². The van der Waals surface area contributed by atoms with Gasteiger partial charge in [0.15, 0.2) is 0 Å². The highest BCUT2D eigenvalue weighted by atomic mass is 16.6. The van der Waals surface area contributed by atoms with Crippen molar-refractivity contribution < 1.29 is 19.1 Å². The van der Waals surface area contributed by atoms with E-state index in [2.05, 4.69) is 5.32 Å². The number of ether oxygens (including phenoxy) is 2. The van der Waals surface area contributed by atoms with Crippen LogP contribution in [0.1, 0.15) is 34.1 Å². The van der Waals surface area contributed by atoms with Crippen LogP contribution in [0, 0.1) is 11.3 Å². The molecule has 146 valence electrons. The van der Waals surface area contributed by atoms with Gasteiger partial charge < -0.3 is 24.6 Å². The summed E-state index contributed by atoms with van der Waals surface area (Å²) in [5, 5.41) is 11.9. The first kappa shape index (κ1) is 21.8. The molecule has 0 unspecified atom stereocenters. The Morgan fingerprint density at radius 1 is 1.23 bits per heavy atom. The maximum Gasteiger partial charge on any atom is 0.410 e. The number of nitriles is 1. The lowest BCUT2D eigenvalue weighted by Gasteiger charge is -2.35. The van der Waals surface area contributed by atoms with Gasteiger partial charge in [-0.2, -0.15) is 5.26 Å². The number of hydrogen-bond acceptors (Lipinski definition) is 6. The third-order valence-electron chi connectivity index (χ3n) is 3.60. The molecule has 1 aliphatic rings. The Morgan fingerprint density at radius 2 is 1.88 bits per heavy atom. The minimum atomic E-state index is -0.525. The van der Waals surface area contributed by atoms with E-state index in [0.29, 0.717) is 52.4 Å². The van der Waals surface area contributed by atoms with Crippen molar-refractivity contribution in [3.8, 4) is 6.07 Å². The molecule has 8 nitrogen and oxygen atoms in total. The Bertz CT molecular complexity index is 540. The predicted octanol–water partition coefficient (Wildman–Crippen LogP) is 1.49. The van der Waals surface area contributed by atoms with Gasteiger partial charge in [0.05, 0.1) is 0 Å². The number of carbonyl (C=O) groups is 2. The quantitative estimate of drug-likeness (QED) is 0.417. The van der Waals surface area contributed by atoms with Gasteiger partial charge in [0.2, 0.25) is 0 Å². The van der Waals surface area contributed by atoms with Crippen LogP contribution in [0.5, 0.6) is 0 Å². The molecule has 1 fully saturated rings. The van der Waals surface area contributed by atoms with Crippen LogP contribution in [0.4, 0.5) is 4.79 Å². The third-order valence-corrected chi connectivity index (χ3v) is 3.60. The lowest BCUT2D eigenvalue weighted by atomic mass is 10.2. The highest BCUT2D eigenvalue weighted by Gasteiger charge is 2.25. The molecule has 0 aromatic carbocycles. The number of hydrogen-bond donors (Lipinski definition) is 1. The zero-order valence-electron chi connectivity index (χ0n) is 16.2. The molecule has 0 spiro atoms. The molecule has 0 bridgehead atoms. The average molecular weight is 366 g/mol. The van der Waals surface area contributed by atoms with Gasteiger partial charge in [0.25, 0.3) is 5.91 Å². The van der Waals surface area contributed by atoms with Crippen LogP contribution in [0.25, 0.3) is 0 Å². The maximum absolute atomic E-state index is 12.1. The van der Waals surface area contributed by atoms with Crippen LogP contribution in [0.2, 0.25) is 0 Å². The fraction of sp³-hybridized carbons (Fsp3) is 0.722. The van der Waals surface area contributed by atoms with Crippen molar-refractivity contribution >= 4 is 12.0 Å². The highest BCUT2D eigenvalue weighted by Crippen LogP contribution is 2.12. The molecule has 1 aliphatic heterocycles. The molecule has 2 amide bonds. The van der Waals surface area contributed by atoms with Crippen molar-refractivity contribution in [3.63, 3.8) is 0 Å². The Labute approximate surface area is 155 Å². The zero-order valence-corrected chi connectivity index (χ0v) is 16.2. The molecule has 0 aromatic rings. The van der Waals surface area contributed by atoms with Crippen LogP contribution in [0.15, 0.2) is 11.8 Å². The molecule has 0 saturated carbocycles. The van der Waals surface area contributed by atoms with Crippen molar-refractivity contribution in [2.75, 3.05) is 45.9 Å². The molecule has 1 rings (SSSR count). The summed E-state index contributed by atoms with van der Waals surface area (Å²) in [7, 11) is 0. The minimum absolute atomic E-state index is 0.0622. The topological polar surface area (TPSA) is 94.9 Å². The summed E-state index contributed by atoms with van der Waals surface area (Å²) in [6.07, 6.45) is 1.92. The monoisotopic (exact) mass is 366 g/mol. The smallest absolute Gasteiger partial charge is 0.410 e. The van der Waals surface area contributed by atoms with Gasteiger partial charge in [-0.15, -0.1) is 0 Å². The maximum atomic E-state index is 12.1. The number of piperazine rings is 1. The number of amides is 2. The van der Waals surface area contributed by atoms with E-state index < -0.39 is 11.5 Å². The Hall–Kier alpha value is -2.27. The van der Waals surface area contributed by atoms with E-state index >= 15 is 0 Å². The molecule has 1 heterocycles. The van der Waals surface area contributed by atoms with Crippen LogP contribution in [-0.4, -0.2) is 73.3 Å². The molecule has 26 heavy (non-hydrogen) atoms. The lowest BCUT2D eigenvalue weighted by Crippen LogP contribution is -2.48. The summed E-state index contributed by atoms with van der Waals surface area (Å²) in [4.78, 5) is 27.6. The summed E-state index contributed by atoms with van der Waals surface area (Å²) in [5.41, 5.74) is -0.463. The Kier molecular flexibility index (Phi) is 8.93. The van der Waals surface area contributed by atoms with Crippen molar-refractivity contribution in [1.29, 1.82) is 5.26 Å². The van der Waals surface area contributed by atoms with E-state index in [4.69, 9.17) is 9.47 Å². The second kappa shape index (κ2) is 10.7. The Balaban J connectivity index is 2.45. The van der Waals surface area contributed by atoms with E-state index in [1.807, 2.05) is 38.7 Å². The molecule has 8 heteroatoms. The highest BCUT2D eigenvalue weighted by molar-refractivity contribution is 5.97. The van der Waals surface area contributed by atoms with Crippen molar-refractivity contribution in [2.24, 2.45) is 0 Å². The molecular formula is C18H30N4O4. The van der Waals surface area contributed by atoms with E-state index in [1.165, 1.54) is 0 Å². The molecule has 0 atom stereocenters. The number of carbonyl (C=O) groups excluding carboxylic acids is 2. The molecule has 1 N–H and O–H groups in total. The van der Waals surface area contributed by atoms with E-state index in [-0.39, 0.29) is 11.7 Å². The van der Waals surface area contributed by atoms with Crippen molar-refractivity contribution in [3.05, 3.63) is 11.8 Å². The molecular weight excluding hydrogens is 336 g/mol. The van der Waals surface area contributed by atoms with Gasteiger partial charge in [-0.25, -0.2) is 4.79 Å². The van der Waals surface area contributed by atoms with Gasteiger partial charge in [-0.05, 0) is 34.1 Å². The first-order valence-corrected chi connectivity index (χ1v) is 8.96. The molecule has 1 saturated heterocycles. The van der Waals surface area contributed by atoms with Gasteiger partial charge in [-0.1, -0.05) is 0 Å². The second-order valence-corrected chi connectivity index (χ2v) is 6.96. The summed E-state index contributed by atoms with van der Waals surface area (Å²) >= 11 is 0. The molecule has 0 aliphatic carbocycles.